The topological polar surface area (TPSA) is 15.3 Å². The summed E-state index contributed by atoms with van der Waals surface area (Å²) in [7, 11) is 0. The fourth-order valence-corrected chi connectivity index (χ4v) is 3.94. The summed E-state index contributed by atoms with van der Waals surface area (Å²) in [5, 5.41) is 3.76. The Hall–Kier alpha value is -0.540. The molecule has 1 saturated carbocycles. The van der Waals surface area contributed by atoms with Crippen molar-refractivity contribution >= 4 is 21.6 Å². The molecule has 1 atom stereocenters. The molecule has 1 unspecified atom stereocenters. The minimum absolute atomic E-state index is 0.688. The molecule has 1 aliphatic carbocycles. The molecule has 1 aromatic carbocycles. The number of nitrogens with zero attached hydrogens (tertiary/aromatic N) is 1. The van der Waals surface area contributed by atoms with Crippen LogP contribution in [0.5, 0.6) is 0 Å². The lowest BCUT2D eigenvalue weighted by molar-refractivity contribution is 0.257. The van der Waals surface area contributed by atoms with E-state index < -0.39 is 0 Å². The molecule has 0 aromatic heterocycles. The summed E-state index contributed by atoms with van der Waals surface area (Å²) in [5.74, 6) is 0.892. The third-order valence-corrected chi connectivity index (χ3v) is 5.82. The van der Waals surface area contributed by atoms with Gasteiger partial charge in [0.25, 0.3) is 0 Å². The number of piperazine rings is 1. The van der Waals surface area contributed by atoms with E-state index >= 15 is 0 Å². The first-order valence-corrected chi connectivity index (χ1v) is 8.78. The normalized spacial score (nSPS) is 24.9. The molecule has 1 N–H and O–H groups in total. The average Bonchev–Trinajstić information content (AvgIpc) is 2.51. The van der Waals surface area contributed by atoms with E-state index in [0.29, 0.717) is 6.04 Å². The van der Waals surface area contributed by atoms with E-state index in [9.17, 15) is 0 Å². The zero-order valence-corrected chi connectivity index (χ0v) is 14.0. The molecular weight excluding hydrogens is 312 g/mol. The number of anilines is 1. The molecule has 1 aliphatic heterocycles. The predicted molar refractivity (Wildman–Crippen MR) is 89.5 cm³/mol. The number of nitrogens with one attached hydrogen (secondary N) is 1. The lowest BCUT2D eigenvalue weighted by atomic mass is 9.83. The molecule has 3 heteroatoms. The van der Waals surface area contributed by atoms with E-state index in [1.165, 1.54) is 54.4 Å². The lowest BCUT2D eigenvalue weighted by Crippen LogP contribution is -2.54. The van der Waals surface area contributed by atoms with E-state index in [-0.39, 0.29) is 0 Å². The van der Waals surface area contributed by atoms with Gasteiger partial charge in [0.2, 0.25) is 0 Å². The van der Waals surface area contributed by atoms with E-state index in [0.717, 1.165) is 19.0 Å². The smallest absolute Gasteiger partial charge is 0.0370 e. The van der Waals surface area contributed by atoms with Gasteiger partial charge in [-0.15, -0.1) is 0 Å². The molecule has 1 heterocycles. The summed E-state index contributed by atoms with van der Waals surface area (Å²) in [6, 6.07) is 7.43. The molecule has 20 heavy (non-hydrogen) atoms. The molecule has 110 valence electrons. The van der Waals surface area contributed by atoms with Gasteiger partial charge < -0.3 is 10.2 Å². The lowest BCUT2D eigenvalue weighted by Gasteiger charge is -2.40. The van der Waals surface area contributed by atoms with Crippen LogP contribution < -0.4 is 10.2 Å². The number of hydrogen-bond acceptors (Lipinski definition) is 2. The van der Waals surface area contributed by atoms with Crippen molar-refractivity contribution < 1.29 is 0 Å². The first kappa shape index (κ1) is 14.4. The van der Waals surface area contributed by atoms with Crippen LogP contribution in [0.2, 0.25) is 0 Å². The Bertz CT molecular complexity index is 454. The fourth-order valence-electron chi connectivity index (χ4n) is 3.69. The highest BCUT2D eigenvalue weighted by atomic mass is 79.9. The quantitative estimate of drug-likeness (QED) is 0.873. The van der Waals surface area contributed by atoms with Gasteiger partial charge >= 0.3 is 0 Å². The van der Waals surface area contributed by atoms with Gasteiger partial charge in [-0.3, -0.25) is 0 Å². The van der Waals surface area contributed by atoms with E-state index in [2.05, 4.69) is 51.3 Å². The van der Waals surface area contributed by atoms with Crippen LogP contribution in [0, 0.1) is 12.8 Å². The van der Waals surface area contributed by atoms with Crippen molar-refractivity contribution in [2.75, 3.05) is 24.5 Å². The Morgan fingerprint density at radius 3 is 2.75 bits per heavy atom. The summed E-state index contributed by atoms with van der Waals surface area (Å²) in [4.78, 5) is 2.56. The first-order chi connectivity index (χ1) is 9.74. The molecule has 0 bridgehead atoms. The number of halogens is 1. The average molecular weight is 337 g/mol. The second-order valence-electron chi connectivity index (χ2n) is 6.34. The van der Waals surface area contributed by atoms with Gasteiger partial charge in [0.05, 0.1) is 0 Å². The standard InChI is InChI=1S/C17H25BrN2/c1-13-11-15(7-8-16(13)18)20-10-9-19-17(12-20)14-5-3-2-4-6-14/h7-8,11,14,17,19H,2-6,9-10,12H2,1H3. The van der Waals surface area contributed by atoms with Crippen molar-refractivity contribution in [1.82, 2.24) is 5.32 Å². The molecular formula is C17H25BrN2. The Morgan fingerprint density at radius 1 is 1.20 bits per heavy atom. The minimum Gasteiger partial charge on any atom is -0.369 e. The van der Waals surface area contributed by atoms with Gasteiger partial charge in [-0.1, -0.05) is 35.2 Å². The Kier molecular flexibility index (Phi) is 4.67. The Balaban J connectivity index is 1.69. The largest absolute Gasteiger partial charge is 0.369 e. The predicted octanol–water partition coefficient (Wildman–Crippen LogP) is 4.12. The van der Waals surface area contributed by atoms with Crippen LogP contribution in [0.4, 0.5) is 5.69 Å². The van der Waals surface area contributed by atoms with Gasteiger partial charge in [0.15, 0.2) is 0 Å². The maximum Gasteiger partial charge on any atom is 0.0370 e. The minimum atomic E-state index is 0.688. The zero-order chi connectivity index (χ0) is 13.9. The summed E-state index contributed by atoms with van der Waals surface area (Å²) in [6.07, 6.45) is 7.15. The Labute approximate surface area is 131 Å². The summed E-state index contributed by atoms with van der Waals surface area (Å²) in [6.45, 7) is 5.60. The van der Waals surface area contributed by atoms with Crippen molar-refractivity contribution in [3.8, 4) is 0 Å². The molecule has 0 spiro atoms. The highest BCUT2D eigenvalue weighted by Crippen LogP contribution is 2.29. The van der Waals surface area contributed by atoms with Crippen LogP contribution in [-0.2, 0) is 0 Å². The molecule has 0 radical (unpaired) electrons. The third kappa shape index (κ3) is 3.20. The molecule has 1 aromatic rings. The molecule has 3 rings (SSSR count). The highest BCUT2D eigenvalue weighted by Gasteiger charge is 2.28. The second kappa shape index (κ2) is 6.48. The molecule has 2 nitrogen and oxygen atoms in total. The molecule has 0 amide bonds. The Morgan fingerprint density at radius 2 is 2.00 bits per heavy atom. The van der Waals surface area contributed by atoms with Crippen molar-refractivity contribution in [2.24, 2.45) is 5.92 Å². The number of aryl methyl sites for hydroxylation is 1. The molecule has 1 saturated heterocycles. The first-order valence-electron chi connectivity index (χ1n) is 7.98. The van der Waals surface area contributed by atoms with Crippen LogP contribution in [0.1, 0.15) is 37.7 Å². The van der Waals surface area contributed by atoms with Crippen molar-refractivity contribution in [2.45, 2.75) is 45.1 Å². The van der Waals surface area contributed by atoms with E-state index in [4.69, 9.17) is 0 Å². The van der Waals surface area contributed by atoms with Crippen LogP contribution in [0.25, 0.3) is 0 Å². The summed E-state index contributed by atoms with van der Waals surface area (Å²) >= 11 is 3.60. The second-order valence-corrected chi connectivity index (χ2v) is 7.19. The van der Waals surface area contributed by atoms with Gasteiger partial charge in [0.1, 0.15) is 0 Å². The van der Waals surface area contributed by atoms with Crippen molar-refractivity contribution in [1.29, 1.82) is 0 Å². The van der Waals surface area contributed by atoms with Gasteiger partial charge in [-0.05, 0) is 49.4 Å². The zero-order valence-electron chi connectivity index (χ0n) is 12.4. The summed E-state index contributed by atoms with van der Waals surface area (Å²) < 4.78 is 1.21. The van der Waals surface area contributed by atoms with Gasteiger partial charge in [0, 0.05) is 35.8 Å². The summed E-state index contributed by atoms with van der Waals surface area (Å²) in [5.41, 5.74) is 2.71. The van der Waals surface area contributed by atoms with Crippen molar-refractivity contribution in [3.63, 3.8) is 0 Å². The highest BCUT2D eigenvalue weighted by molar-refractivity contribution is 9.10. The fraction of sp³-hybridized carbons (Fsp3) is 0.647. The van der Waals surface area contributed by atoms with Gasteiger partial charge in [-0.2, -0.15) is 0 Å². The van der Waals surface area contributed by atoms with Crippen LogP contribution in [-0.4, -0.2) is 25.7 Å². The molecule has 2 aliphatic rings. The number of hydrogen-bond donors (Lipinski definition) is 1. The SMILES string of the molecule is Cc1cc(N2CCNC(C3CCCCC3)C2)ccc1Br. The maximum atomic E-state index is 3.76. The maximum absolute atomic E-state index is 3.76. The van der Waals surface area contributed by atoms with Gasteiger partial charge in [-0.25, -0.2) is 0 Å². The van der Waals surface area contributed by atoms with Crippen molar-refractivity contribution in [3.05, 3.63) is 28.2 Å². The number of benzene rings is 1. The molecule has 2 fully saturated rings. The monoisotopic (exact) mass is 336 g/mol. The number of rotatable bonds is 2. The van der Waals surface area contributed by atoms with E-state index in [1.54, 1.807) is 0 Å². The van der Waals surface area contributed by atoms with Crippen LogP contribution in [0.15, 0.2) is 22.7 Å². The van der Waals surface area contributed by atoms with E-state index in [1.807, 2.05) is 0 Å². The van der Waals surface area contributed by atoms with Crippen LogP contribution in [0.3, 0.4) is 0 Å². The van der Waals surface area contributed by atoms with Crippen LogP contribution >= 0.6 is 15.9 Å². The third-order valence-electron chi connectivity index (χ3n) is 4.93.